The molecule has 4 aliphatic carbocycles. The van der Waals surface area contributed by atoms with Crippen molar-refractivity contribution in [1.82, 2.24) is 0 Å². The Kier molecular flexibility index (Phi) is 7.72. The monoisotopic (exact) mass is 562 g/mol. The summed E-state index contributed by atoms with van der Waals surface area (Å²) >= 11 is 0. The van der Waals surface area contributed by atoms with Crippen LogP contribution >= 0.6 is 0 Å². The summed E-state index contributed by atoms with van der Waals surface area (Å²) in [6, 6.07) is 0. The molecule has 40 heavy (non-hydrogen) atoms. The van der Waals surface area contributed by atoms with Crippen LogP contribution < -0.4 is 0 Å². The molecule has 0 amide bonds. The number of fused-ring (bicyclic) bond motifs is 6. The number of hydrogen-bond donors (Lipinski definition) is 2. The number of methoxy groups -OCH3 is 1. The van der Waals surface area contributed by atoms with Gasteiger partial charge in [-0.2, -0.15) is 0 Å². The summed E-state index contributed by atoms with van der Waals surface area (Å²) in [5, 5.41) is 23.1. The van der Waals surface area contributed by atoms with E-state index in [9.17, 15) is 10.2 Å². The lowest BCUT2D eigenvalue weighted by atomic mass is 9.45. The highest BCUT2D eigenvalue weighted by molar-refractivity contribution is 5.29. The second kappa shape index (κ2) is 10.6. The minimum absolute atomic E-state index is 0.0712. The van der Waals surface area contributed by atoms with Crippen LogP contribution in [0, 0.1) is 28.6 Å². The van der Waals surface area contributed by atoms with E-state index in [1.54, 1.807) is 7.11 Å². The summed E-state index contributed by atoms with van der Waals surface area (Å²) in [5.74, 6) is 1.16. The maximum absolute atomic E-state index is 12.4. The molecule has 6 rings (SSSR count). The summed E-state index contributed by atoms with van der Waals surface area (Å²) in [7, 11) is 1.72. The first kappa shape index (κ1) is 29.1. The summed E-state index contributed by atoms with van der Waals surface area (Å²) in [6.07, 6.45) is 9.22. The number of aliphatic hydroxyl groups is 2. The van der Waals surface area contributed by atoms with Crippen LogP contribution in [0.5, 0.6) is 0 Å². The topological polar surface area (TPSA) is 95.8 Å². The Labute approximate surface area is 239 Å². The fraction of sp³-hybridized carbons (Fsp3) is 0.875. The van der Waals surface area contributed by atoms with Gasteiger partial charge in [0.15, 0.2) is 6.29 Å². The molecule has 8 nitrogen and oxygen atoms in total. The second-order valence-electron chi connectivity index (χ2n) is 13.8. The SMILES string of the molecule is CCOC1O[C@H]2[C@H](O[C@@H]3C=C4CCC5C(CC[C@]6(C)[C@@H](C(C)=COC)CC[C@]56O)[C@@]4(C)CC3)O[C@@H](C)C(O)[C@H]2O1. The first-order chi connectivity index (χ1) is 19.1. The van der Waals surface area contributed by atoms with Crippen LogP contribution in [-0.4, -0.2) is 72.8 Å². The van der Waals surface area contributed by atoms with Crippen LogP contribution in [0.2, 0.25) is 0 Å². The van der Waals surface area contributed by atoms with Crippen molar-refractivity contribution in [3.63, 3.8) is 0 Å². The van der Waals surface area contributed by atoms with E-state index in [-0.39, 0.29) is 16.9 Å². The van der Waals surface area contributed by atoms with Gasteiger partial charge in [0.25, 0.3) is 6.48 Å². The van der Waals surface area contributed by atoms with Crippen molar-refractivity contribution >= 4 is 0 Å². The molecule has 0 aromatic rings. The third-order valence-electron chi connectivity index (χ3n) is 12.0. The molecule has 5 fully saturated rings. The van der Waals surface area contributed by atoms with E-state index in [4.69, 9.17) is 28.4 Å². The molecule has 4 unspecified atom stereocenters. The maximum Gasteiger partial charge on any atom is 0.272 e. The molecular weight excluding hydrogens is 512 g/mol. The van der Waals surface area contributed by atoms with Crippen LogP contribution in [-0.2, 0) is 28.4 Å². The van der Waals surface area contributed by atoms with E-state index in [2.05, 4.69) is 26.8 Å². The highest BCUT2D eigenvalue weighted by Gasteiger charge is 2.66. The maximum atomic E-state index is 12.4. The van der Waals surface area contributed by atoms with Crippen molar-refractivity contribution in [3.8, 4) is 0 Å². The van der Waals surface area contributed by atoms with Crippen LogP contribution in [0.1, 0.15) is 86.0 Å². The van der Waals surface area contributed by atoms with Gasteiger partial charge in [0.2, 0.25) is 0 Å². The Morgan fingerprint density at radius 1 is 1.05 bits per heavy atom. The number of rotatable bonds is 6. The molecule has 2 heterocycles. The third-order valence-corrected chi connectivity index (χ3v) is 12.0. The molecule has 2 saturated heterocycles. The standard InChI is InChI=1S/C32H50O8/c1-7-36-29-39-26-25(33)19(3)37-28(27(26)40-29)38-21-10-13-30(4)20(16-21)8-9-24-23(30)11-14-31(5)22(18(2)17-35-6)12-15-32(24,31)34/h16-17,19,21-29,33-34H,7-15H2,1-6H3/t19-,21-,22+,23?,24?,25?,26+,27+,28-,29?,30-,31+,32-/m0/s1. The lowest BCUT2D eigenvalue weighted by Crippen LogP contribution is -2.61. The Balaban J connectivity index is 1.18. The molecular formula is C32H50O8. The molecule has 6 aliphatic rings. The number of allylic oxidation sites excluding steroid dienone is 2. The van der Waals surface area contributed by atoms with E-state index in [1.165, 1.54) is 11.1 Å². The van der Waals surface area contributed by atoms with E-state index >= 15 is 0 Å². The number of aliphatic hydroxyl groups excluding tert-OH is 1. The highest BCUT2D eigenvalue weighted by atomic mass is 16.9. The van der Waals surface area contributed by atoms with Gasteiger partial charge in [-0.15, -0.1) is 0 Å². The molecule has 226 valence electrons. The number of ether oxygens (including phenoxy) is 6. The van der Waals surface area contributed by atoms with Crippen molar-refractivity contribution in [2.75, 3.05) is 13.7 Å². The molecule has 13 atom stereocenters. The smallest absolute Gasteiger partial charge is 0.272 e. The Morgan fingerprint density at radius 2 is 1.82 bits per heavy atom. The largest absolute Gasteiger partial charge is 0.504 e. The normalized spacial score (nSPS) is 52.3. The first-order valence-electron chi connectivity index (χ1n) is 15.6. The van der Waals surface area contributed by atoms with Gasteiger partial charge in [-0.05, 0) is 101 Å². The minimum Gasteiger partial charge on any atom is -0.504 e. The summed E-state index contributed by atoms with van der Waals surface area (Å²) < 4.78 is 35.4. The summed E-state index contributed by atoms with van der Waals surface area (Å²) in [4.78, 5) is 0. The summed E-state index contributed by atoms with van der Waals surface area (Å²) in [6.45, 7) is 10.3. The first-order valence-corrected chi connectivity index (χ1v) is 15.6. The second-order valence-corrected chi connectivity index (χ2v) is 13.8. The molecule has 2 aliphatic heterocycles. The van der Waals surface area contributed by atoms with Gasteiger partial charge in [-0.25, -0.2) is 0 Å². The lowest BCUT2D eigenvalue weighted by Gasteiger charge is -2.62. The van der Waals surface area contributed by atoms with Crippen LogP contribution in [0.25, 0.3) is 0 Å². The third kappa shape index (κ3) is 4.35. The van der Waals surface area contributed by atoms with Crippen LogP contribution in [0.4, 0.5) is 0 Å². The van der Waals surface area contributed by atoms with Crippen molar-refractivity contribution in [2.45, 2.75) is 135 Å². The highest BCUT2D eigenvalue weighted by Crippen LogP contribution is 2.69. The van der Waals surface area contributed by atoms with Crippen LogP contribution in [0.15, 0.2) is 23.5 Å². The van der Waals surface area contributed by atoms with Gasteiger partial charge in [0.1, 0.15) is 18.3 Å². The average Bonchev–Trinajstić information content (AvgIpc) is 3.46. The zero-order valence-corrected chi connectivity index (χ0v) is 25.1. The molecule has 0 radical (unpaired) electrons. The minimum atomic E-state index is -0.815. The Morgan fingerprint density at radius 3 is 2.58 bits per heavy atom. The van der Waals surface area contributed by atoms with Gasteiger partial charge in [-0.3, -0.25) is 0 Å². The van der Waals surface area contributed by atoms with Gasteiger partial charge in [0.05, 0.1) is 31.2 Å². The predicted octanol–water partition coefficient (Wildman–Crippen LogP) is 4.83. The Bertz CT molecular complexity index is 1010. The lowest BCUT2D eigenvalue weighted by molar-refractivity contribution is -0.285. The zero-order chi connectivity index (χ0) is 28.4. The molecule has 0 aromatic carbocycles. The fourth-order valence-electron chi connectivity index (χ4n) is 9.84. The van der Waals surface area contributed by atoms with Gasteiger partial charge < -0.3 is 38.6 Å². The van der Waals surface area contributed by atoms with E-state index in [1.807, 2.05) is 20.1 Å². The van der Waals surface area contributed by atoms with Gasteiger partial charge in [-0.1, -0.05) is 25.5 Å². The molecule has 2 N–H and O–H groups in total. The Hall–Kier alpha value is -1.00. The molecule has 8 heteroatoms. The fourth-order valence-corrected chi connectivity index (χ4v) is 9.84. The van der Waals surface area contributed by atoms with Crippen molar-refractivity contribution in [3.05, 3.63) is 23.5 Å². The van der Waals surface area contributed by atoms with E-state index < -0.39 is 42.8 Å². The van der Waals surface area contributed by atoms with Crippen molar-refractivity contribution in [2.24, 2.45) is 28.6 Å². The van der Waals surface area contributed by atoms with Crippen molar-refractivity contribution in [1.29, 1.82) is 0 Å². The van der Waals surface area contributed by atoms with Crippen molar-refractivity contribution < 1.29 is 38.6 Å². The molecule has 0 aromatic heterocycles. The quantitative estimate of drug-likeness (QED) is 0.351. The van der Waals surface area contributed by atoms with Crippen LogP contribution in [0.3, 0.4) is 0 Å². The number of hydrogen-bond acceptors (Lipinski definition) is 8. The molecule has 3 saturated carbocycles. The van der Waals surface area contributed by atoms with Gasteiger partial charge >= 0.3 is 0 Å². The molecule has 0 bridgehead atoms. The summed E-state index contributed by atoms with van der Waals surface area (Å²) in [5.41, 5.74) is 2.06. The van der Waals surface area contributed by atoms with E-state index in [0.29, 0.717) is 24.4 Å². The van der Waals surface area contributed by atoms with E-state index in [0.717, 1.165) is 51.4 Å². The zero-order valence-electron chi connectivity index (χ0n) is 25.1. The van der Waals surface area contributed by atoms with Gasteiger partial charge in [0, 0.05) is 12.0 Å². The predicted molar refractivity (Wildman–Crippen MR) is 148 cm³/mol. The molecule has 0 spiro atoms. The average molecular weight is 563 g/mol.